The molecule has 0 bridgehead atoms. The Kier molecular flexibility index (Phi) is 5.74. The quantitative estimate of drug-likeness (QED) is 0.678. The molecular weight excluding hydrogens is 364 g/mol. The van der Waals surface area contributed by atoms with Gasteiger partial charge in [0.05, 0.1) is 17.0 Å². The SMILES string of the molecule is CC(C)(C)OC(=O)N1CCC(C#N)(Cc2cccc(C(F)(F)F)c2F)CC1. The number of benzene rings is 1. The van der Waals surface area contributed by atoms with Crippen LogP contribution in [0.2, 0.25) is 0 Å². The van der Waals surface area contributed by atoms with Crippen molar-refractivity contribution in [2.45, 2.75) is 51.8 Å². The molecule has 0 aromatic heterocycles. The van der Waals surface area contributed by atoms with Gasteiger partial charge in [0.15, 0.2) is 0 Å². The average Bonchev–Trinajstić information content (AvgIpc) is 2.54. The molecule has 0 aliphatic carbocycles. The van der Waals surface area contributed by atoms with Crippen LogP contribution in [0.15, 0.2) is 18.2 Å². The number of piperidine rings is 1. The minimum atomic E-state index is -4.79. The molecule has 1 aromatic carbocycles. The van der Waals surface area contributed by atoms with Crippen LogP contribution < -0.4 is 0 Å². The van der Waals surface area contributed by atoms with Crippen LogP contribution in [0, 0.1) is 22.6 Å². The normalized spacial score (nSPS) is 17.3. The third-order valence-corrected chi connectivity index (χ3v) is 4.52. The van der Waals surface area contributed by atoms with Crippen LogP contribution in [-0.2, 0) is 17.3 Å². The molecule has 2 rings (SSSR count). The lowest BCUT2D eigenvalue weighted by molar-refractivity contribution is -0.140. The molecular formula is C19H22F4N2O2. The summed E-state index contributed by atoms with van der Waals surface area (Å²) >= 11 is 0. The largest absolute Gasteiger partial charge is 0.444 e. The van der Waals surface area contributed by atoms with Crippen LogP contribution in [0.1, 0.15) is 44.7 Å². The summed E-state index contributed by atoms with van der Waals surface area (Å²) in [5.74, 6) is -1.34. The van der Waals surface area contributed by atoms with E-state index < -0.39 is 34.7 Å². The molecule has 1 aliphatic heterocycles. The predicted molar refractivity (Wildman–Crippen MR) is 90.2 cm³/mol. The van der Waals surface area contributed by atoms with Gasteiger partial charge in [-0.05, 0) is 51.7 Å². The molecule has 27 heavy (non-hydrogen) atoms. The molecule has 1 aliphatic rings. The topological polar surface area (TPSA) is 53.3 Å². The van der Waals surface area contributed by atoms with E-state index in [4.69, 9.17) is 4.74 Å². The lowest BCUT2D eigenvalue weighted by atomic mass is 9.75. The fourth-order valence-corrected chi connectivity index (χ4v) is 3.07. The smallest absolute Gasteiger partial charge is 0.419 e. The van der Waals surface area contributed by atoms with Crippen molar-refractivity contribution in [2.24, 2.45) is 5.41 Å². The van der Waals surface area contributed by atoms with E-state index >= 15 is 0 Å². The lowest BCUT2D eigenvalue weighted by Crippen LogP contribution is -2.45. The van der Waals surface area contributed by atoms with Gasteiger partial charge in [-0.3, -0.25) is 0 Å². The van der Waals surface area contributed by atoms with E-state index in [1.807, 2.05) is 0 Å². The number of rotatable bonds is 2. The molecule has 1 saturated heterocycles. The number of nitriles is 1. The standard InChI is InChI=1S/C19H22F4N2O2/c1-17(2,3)27-16(26)25-9-7-18(12-24,8-10-25)11-13-5-4-6-14(15(13)20)19(21,22)23/h4-6H,7-11H2,1-3H3. The van der Waals surface area contributed by atoms with Gasteiger partial charge in [0.2, 0.25) is 0 Å². The fraction of sp³-hybridized carbons (Fsp3) is 0.579. The van der Waals surface area contributed by atoms with Gasteiger partial charge < -0.3 is 9.64 Å². The lowest BCUT2D eigenvalue weighted by Gasteiger charge is -2.38. The van der Waals surface area contributed by atoms with E-state index in [1.54, 1.807) is 20.8 Å². The van der Waals surface area contributed by atoms with Gasteiger partial charge in [-0.25, -0.2) is 9.18 Å². The molecule has 1 amide bonds. The average molecular weight is 386 g/mol. The summed E-state index contributed by atoms with van der Waals surface area (Å²) in [4.78, 5) is 13.6. The van der Waals surface area contributed by atoms with Crippen molar-refractivity contribution in [1.29, 1.82) is 5.26 Å². The van der Waals surface area contributed by atoms with Crippen LogP contribution in [0.3, 0.4) is 0 Å². The Labute approximate surface area is 155 Å². The maximum absolute atomic E-state index is 14.3. The third kappa shape index (κ3) is 5.12. The van der Waals surface area contributed by atoms with E-state index in [9.17, 15) is 27.6 Å². The minimum Gasteiger partial charge on any atom is -0.444 e. The molecule has 148 valence electrons. The van der Waals surface area contributed by atoms with Crippen LogP contribution in [-0.4, -0.2) is 29.7 Å². The second kappa shape index (κ2) is 7.37. The first-order valence-electron chi connectivity index (χ1n) is 8.61. The van der Waals surface area contributed by atoms with E-state index in [2.05, 4.69) is 6.07 Å². The van der Waals surface area contributed by atoms with E-state index in [0.29, 0.717) is 6.07 Å². The number of likely N-dealkylation sites (tertiary alicyclic amines) is 1. The Morgan fingerprint density at radius 1 is 1.26 bits per heavy atom. The number of hydrogen-bond donors (Lipinski definition) is 0. The second-order valence-corrected chi connectivity index (χ2v) is 7.81. The number of ether oxygens (including phenoxy) is 1. The molecule has 0 atom stereocenters. The van der Waals surface area contributed by atoms with E-state index in [0.717, 1.165) is 6.07 Å². The number of carbonyl (C=O) groups excluding carboxylic acids is 1. The summed E-state index contributed by atoms with van der Waals surface area (Å²) in [6.07, 6.45) is -4.96. The molecule has 0 N–H and O–H groups in total. The van der Waals surface area contributed by atoms with Gasteiger partial charge in [0, 0.05) is 13.1 Å². The highest BCUT2D eigenvalue weighted by Crippen LogP contribution is 2.38. The molecule has 0 radical (unpaired) electrons. The number of alkyl halides is 3. The van der Waals surface area contributed by atoms with Gasteiger partial charge in [-0.15, -0.1) is 0 Å². The van der Waals surface area contributed by atoms with Crippen molar-refractivity contribution < 1.29 is 27.1 Å². The van der Waals surface area contributed by atoms with Crippen molar-refractivity contribution in [3.05, 3.63) is 35.1 Å². The Morgan fingerprint density at radius 2 is 1.85 bits per heavy atom. The van der Waals surface area contributed by atoms with Crippen LogP contribution >= 0.6 is 0 Å². The molecule has 4 nitrogen and oxygen atoms in total. The maximum atomic E-state index is 14.3. The zero-order valence-electron chi connectivity index (χ0n) is 15.5. The number of halogens is 4. The number of hydrogen-bond acceptors (Lipinski definition) is 3. The van der Waals surface area contributed by atoms with E-state index in [1.165, 1.54) is 11.0 Å². The molecule has 0 saturated carbocycles. The van der Waals surface area contributed by atoms with Gasteiger partial charge >= 0.3 is 12.3 Å². The minimum absolute atomic E-state index is 0.137. The van der Waals surface area contributed by atoms with Crippen molar-refractivity contribution in [3.8, 4) is 6.07 Å². The number of amides is 1. The predicted octanol–water partition coefficient (Wildman–Crippen LogP) is 4.93. The summed E-state index contributed by atoms with van der Waals surface area (Å²) in [6.45, 7) is 5.67. The Balaban J connectivity index is 2.13. The monoisotopic (exact) mass is 386 g/mol. The van der Waals surface area contributed by atoms with Gasteiger partial charge in [-0.1, -0.05) is 12.1 Å². The maximum Gasteiger partial charge on any atom is 0.419 e. The van der Waals surface area contributed by atoms with Crippen LogP contribution in [0.4, 0.5) is 22.4 Å². The first-order valence-corrected chi connectivity index (χ1v) is 8.61. The number of carbonyl (C=O) groups is 1. The van der Waals surface area contributed by atoms with Crippen LogP contribution in [0.5, 0.6) is 0 Å². The summed E-state index contributed by atoms with van der Waals surface area (Å²) in [6, 6.07) is 5.22. The molecule has 0 spiro atoms. The highest BCUT2D eigenvalue weighted by molar-refractivity contribution is 5.68. The summed E-state index contributed by atoms with van der Waals surface area (Å²) < 4.78 is 58.3. The van der Waals surface area contributed by atoms with Gasteiger partial charge in [0.25, 0.3) is 0 Å². The Hall–Kier alpha value is -2.30. The zero-order chi connectivity index (χ0) is 20.5. The highest BCUT2D eigenvalue weighted by Gasteiger charge is 2.40. The number of nitrogens with zero attached hydrogens (tertiary/aromatic N) is 2. The highest BCUT2D eigenvalue weighted by atomic mass is 19.4. The van der Waals surface area contributed by atoms with Crippen molar-refractivity contribution in [1.82, 2.24) is 4.90 Å². The molecule has 8 heteroatoms. The third-order valence-electron chi connectivity index (χ3n) is 4.52. The first-order chi connectivity index (χ1) is 12.4. The van der Waals surface area contributed by atoms with Crippen molar-refractivity contribution >= 4 is 6.09 Å². The Morgan fingerprint density at radius 3 is 2.33 bits per heavy atom. The molecule has 1 aromatic rings. The fourth-order valence-electron chi connectivity index (χ4n) is 3.07. The van der Waals surface area contributed by atoms with Gasteiger partial charge in [-0.2, -0.15) is 18.4 Å². The van der Waals surface area contributed by atoms with E-state index in [-0.39, 0.29) is 37.9 Å². The summed E-state index contributed by atoms with van der Waals surface area (Å²) in [5.41, 5.74) is -3.15. The summed E-state index contributed by atoms with van der Waals surface area (Å²) in [5, 5.41) is 9.60. The first kappa shape index (κ1) is 21.0. The van der Waals surface area contributed by atoms with Gasteiger partial charge in [0.1, 0.15) is 11.4 Å². The summed E-state index contributed by atoms with van der Waals surface area (Å²) in [7, 11) is 0. The van der Waals surface area contributed by atoms with Crippen molar-refractivity contribution in [2.75, 3.05) is 13.1 Å². The van der Waals surface area contributed by atoms with Crippen LogP contribution in [0.25, 0.3) is 0 Å². The van der Waals surface area contributed by atoms with Crippen molar-refractivity contribution in [3.63, 3.8) is 0 Å². The Bertz CT molecular complexity index is 740. The molecule has 1 heterocycles. The molecule has 1 fully saturated rings. The zero-order valence-corrected chi connectivity index (χ0v) is 15.5. The second-order valence-electron chi connectivity index (χ2n) is 7.81. The molecule has 0 unspecified atom stereocenters.